The van der Waals surface area contributed by atoms with E-state index in [0.717, 1.165) is 32.0 Å². The fourth-order valence-electron chi connectivity index (χ4n) is 3.48. The number of aryl methyl sites for hydroxylation is 1. The van der Waals surface area contributed by atoms with Crippen LogP contribution in [0.25, 0.3) is 5.65 Å². The number of likely N-dealkylation sites (N-methyl/N-ethyl adjacent to an activating group) is 1. The van der Waals surface area contributed by atoms with Crippen molar-refractivity contribution in [2.45, 2.75) is 23.1 Å². The lowest BCUT2D eigenvalue weighted by molar-refractivity contribution is 0.311. The second-order valence-electron chi connectivity index (χ2n) is 6.91. The zero-order chi connectivity index (χ0) is 19.9. The summed E-state index contributed by atoms with van der Waals surface area (Å²) in [6.45, 7) is 5.35. The maximum atomic E-state index is 13.4. The van der Waals surface area contributed by atoms with Gasteiger partial charge in [0.05, 0.1) is 10.6 Å². The largest absolute Gasteiger partial charge is 0.354 e. The van der Waals surface area contributed by atoms with Gasteiger partial charge in [0.2, 0.25) is 9.84 Å². The minimum Gasteiger partial charge on any atom is -0.354 e. The van der Waals surface area contributed by atoms with Crippen LogP contribution in [0.4, 0.5) is 5.82 Å². The van der Waals surface area contributed by atoms with Gasteiger partial charge in [-0.15, -0.1) is 0 Å². The van der Waals surface area contributed by atoms with Crippen LogP contribution in [-0.4, -0.2) is 61.1 Å². The fourth-order valence-corrected chi connectivity index (χ4v) is 5.28. The Hall–Kier alpha value is -2.16. The number of hydrogen-bond donors (Lipinski definition) is 0. The molecule has 0 unspecified atom stereocenters. The highest BCUT2D eigenvalue weighted by Crippen LogP contribution is 2.31. The van der Waals surface area contributed by atoms with Crippen LogP contribution < -0.4 is 4.90 Å². The molecule has 9 heteroatoms. The van der Waals surface area contributed by atoms with Gasteiger partial charge in [-0.05, 0) is 25.6 Å². The Morgan fingerprint density at radius 2 is 1.79 bits per heavy atom. The van der Waals surface area contributed by atoms with E-state index < -0.39 is 9.84 Å². The van der Waals surface area contributed by atoms with E-state index in [1.54, 1.807) is 40.9 Å². The first-order chi connectivity index (χ1) is 13.4. The Labute approximate surface area is 169 Å². The van der Waals surface area contributed by atoms with Crippen LogP contribution in [-0.2, 0) is 16.3 Å². The van der Waals surface area contributed by atoms with Crippen LogP contribution in [0, 0.1) is 0 Å². The van der Waals surface area contributed by atoms with Crippen LogP contribution in [0.5, 0.6) is 0 Å². The van der Waals surface area contributed by atoms with Gasteiger partial charge in [0.1, 0.15) is 15.9 Å². The molecule has 0 N–H and O–H groups in total. The highest BCUT2D eigenvalue weighted by molar-refractivity contribution is 7.91. The van der Waals surface area contributed by atoms with Crippen molar-refractivity contribution in [3.8, 4) is 0 Å². The third kappa shape index (κ3) is 3.25. The number of sulfone groups is 1. The zero-order valence-corrected chi connectivity index (χ0v) is 17.4. The number of benzene rings is 1. The standard InChI is InChI=1S/C19H22ClN5O2S/c1-3-15-18(28(26,27)14-7-5-4-6-8-14)19-21-16(20)13-17(25(19)22-15)24-11-9-23(2)10-12-24/h4-8,13H,3,9-12H2,1-2H3. The fraction of sp³-hybridized carbons (Fsp3) is 0.368. The third-order valence-electron chi connectivity index (χ3n) is 5.05. The van der Waals surface area contributed by atoms with Crippen LogP contribution in [0.2, 0.25) is 5.15 Å². The molecular formula is C19H22ClN5O2S. The molecule has 0 aliphatic carbocycles. The Morgan fingerprint density at radius 1 is 1.11 bits per heavy atom. The third-order valence-corrected chi connectivity index (χ3v) is 7.09. The number of hydrogen-bond acceptors (Lipinski definition) is 6. The van der Waals surface area contributed by atoms with E-state index in [1.807, 2.05) is 6.92 Å². The molecule has 28 heavy (non-hydrogen) atoms. The van der Waals surface area contributed by atoms with E-state index in [2.05, 4.69) is 26.9 Å². The van der Waals surface area contributed by atoms with Crippen molar-refractivity contribution in [1.29, 1.82) is 0 Å². The quantitative estimate of drug-likeness (QED) is 0.605. The van der Waals surface area contributed by atoms with Crippen molar-refractivity contribution in [1.82, 2.24) is 19.5 Å². The molecule has 1 saturated heterocycles. The molecule has 148 valence electrons. The molecular weight excluding hydrogens is 398 g/mol. The number of fused-ring (bicyclic) bond motifs is 1. The molecule has 1 fully saturated rings. The highest BCUT2D eigenvalue weighted by atomic mass is 35.5. The van der Waals surface area contributed by atoms with Gasteiger partial charge in [0, 0.05) is 32.2 Å². The SMILES string of the molecule is CCc1nn2c(N3CCN(C)CC3)cc(Cl)nc2c1S(=O)(=O)c1ccccc1. The summed E-state index contributed by atoms with van der Waals surface area (Å²) in [5, 5.41) is 4.88. The average molecular weight is 420 g/mol. The Morgan fingerprint density at radius 3 is 2.43 bits per heavy atom. The molecule has 1 aromatic carbocycles. The summed E-state index contributed by atoms with van der Waals surface area (Å²) in [6.07, 6.45) is 0.477. The minimum atomic E-state index is -3.77. The van der Waals surface area contributed by atoms with E-state index in [9.17, 15) is 8.42 Å². The molecule has 3 aromatic rings. The van der Waals surface area contributed by atoms with Gasteiger partial charge in [-0.3, -0.25) is 0 Å². The smallest absolute Gasteiger partial charge is 0.212 e. The molecule has 1 aliphatic rings. The minimum absolute atomic E-state index is 0.138. The van der Waals surface area contributed by atoms with Crippen molar-refractivity contribution in [2.24, 2.45) is 0 Å². The Bertz CT molecular complexity index is 1110. The number of halogens is 1. The first kappa shape index (κ1) is 19.2. The molecule has 0 atom stereocenters. The summed E-state index contributed by atoms with van der Waals surface area (Å²) in [7, 11) is -1.69. The van der Waals surface area contributed by atoms with E-state index in [-0.39, 0.29) is 20.6 Å². The number of aromatic nitrogens is 3. The predicted molar refractivity (Wildman–Crippen MR) is 109 cm³/mol. The average Bonchev–Trinajstić information content (AvgIpc) is 3.08. The summed E-state index contributed by atoms with van der Waals surface area (Å²) in [4.78, 5) is 9.14. The van der Waals surface area contributed by atoms with Crippen LogP contribution in [0.15, 0.2) is 46.2 Å². The van der Waals surface area contributed by atoms with Gasteiger partial charge in [-0.2, -0.15) is 9.61 Å². The Kier molecular flexibility index (Phi) is 5.03. The van der Waals surface area contributed by atoms with Crippen molar-refractivity contribution in [3.63, 3.8) is 0 Å². The lowest BCUT2D eigenvalue weighted by atomic mass is 10.3. The topological polar surface area (TPSA) is 70.8 Å². The van der Waals surface area contributed by atoms with Crippen molar-refractivity contribution in [2.75, 3.05) is 38.1 Å². The summed E-state index contributed by atoms with van der Waals surface area (Å²) in [6, 6.07) is 10.1. The van der Waals surface area contributed by atoms with E-state index in [1.165, 1.54) is 0 Å². The lowest BCUT2D eigenvalue weighted by Gasteiger charge is -2.33. The predicted octanol–water partition coefficient (Wildman–Crippen LogP) is 2.53. The van der Waals surface area contributed by atoms with Crippen LogP contribution in [0.1, 0.15) is 12.6 Å². The van der Waals surface area contributed by atoms with Gasteiger partial charge in [-0.1, -0.05) is 36.7 Å². The van der Waals surface area contributed by atoms with Crippen LogP contribution >= 0.6 is 11.6 Å². The summed E-state index contributed by atoms with van der Waals surface area (Å²) in [5.74, 6) is 0.771. The summed E-state index contributed by atoms with van der Waals surface area (Å²) >= 11 is 6.31. The maximum absolute atomic E-state index is 13.4. The van der Waals surface area contributed by atoms with Gasteiger partial charge >= 0.3 is 0 Å². The molecule has 3 heterocycles. The van der Waals surface area contributed by atoms with Crippen LogP contribution in [0.3, 0.4) is 0 Å². The van der Waals surface area contributed by atoms with Gasteiger partial charge in [-0.25, -0.2) is 13.4 Å². The molecule has 0 spiro atoms. The molecule has 2 aromatic heterocycles. The highest BCUT2D eigenvalue weighted by Gasteiger charge is 2.30. The van der Waals surface area contributed by atoms with Gasteiger partial charge in [0.15, 0.2) is 5.65 Å². The molecule has 4 rings (SSSR count). The second-order valence-corrected chi connectivity index (χ2v) is 9.18. The molecule has 0 radical (unpaired) electrons. The molecule has 0 saturated carbocycles. The first-order valence-electron chi connectivity index (χ1n) is 9.23. The van der Waals surface area contributed by atoms with E-state index in [4.69, 9.17) is 11.6 Å². The van der Waals surface area contributed by atoms with Crippen molar-refractivity contribution in [3.05, 3.63) is 47.2 Å². The second kappa shape index (κ2) is 7.35. The van der Waals surface area contributed by atoms with Gasteiger partial charge < -0.3 is 9.80 Å². The van der Waals surface area contributed by atoms with E-state index in [0.29, 0.717) is 12.1 Å². The lowest BCUT2D eigenvalue weighted by Crippen LogP contribution is -2.45. The Balaban J connectivity index is 1.93. The zero-order valence-electron chi connectivity index (χ0n) is 15.8. The van der Waals surface area contributed by atoms with Gasteiger partial charge in [0.25, 0.3) is 0 Å². The van der Waals surface area contributed by atoms with E-state index >= 15 is 0 Å². The number of piperazine rings is 1. The molecule has 7 nitrogen and oxygen atoms in total. The van der Waals surface area contributed by atoms with Crippen molar-refractivity contribution < 1.29 is 8.42 Å². The maximum Gasteiger partial charge on any atom is 0.212 e. The number of anilines is 1. The summed E-state index contributed by atoms with van der Waals surface area (Å²) in [5.41, 5.74) is 0.774. The van der Waals surface area contributed by atoms with Crippen molar-refractivity contribution >= 4 is 32.9 Å². The molecule has 0 amide bonds. The molecule has 1 aliphatic heterocycles. The first-order valence-corrected chi connectivity index (χ1v) is 11.1. The number of nitrogens with zero attached hydrogens (tertiary/aromatic N) is 5. The monoisotopic (exact) mass is 419 g/mol. The molecule has 0 bridgehead atoms. The normalized spacial score (nSPS) is 16.0. The summed E-state index contributed by atoms with van der Waals surface area (Å²) < 4.78 is 28.4. The number of rotatable bonds is 4.